The number of hydrogen-bond acceptors (Lipinski definition) is 10. The zero-order chi connectivity index (χ0) is 56.6. The van der Waals surface area contributed by atoms with Gasteiger partial charge in [0.1, 0.15) is 24.4 Å². The number of rotatable bonds is 55. The summed E-state index contributed by atoms with van der Waals surface area (Å²) in [5, 5.41) is 54.3. The molecule has 1 saturated heterocycles. The molecule has 11 nitrogen and oxygen atoms in total. The van der Waals surface area contributed by atoms with Crippen LogP contribution in [0.1, 0.15) is 277 Å². The molecule has 11 heteroatoms. The van der Waals surface area contributed by atoms with Gasteiger partial charge in [0.15, 0.2) is 6.29 Å². The van der Waals surface area contributed by atoms with Crippen molar-refractivity contribution < 1.29 is 49.3 Å². The van der Waals surface area contributed by atoms with E-state index in [1.807, 2.05) is 6.08 Å². The zero-order valence-electron chi connectivity index (χ0n) is 49.9. The molecule has 1 aliphatic heterocycles. The molecule has 7 atom stereocenters. The number of amides is 1. The minimum Gasteiger partial charge on any atom is -0.466 e. The van der Waals surface area contributed by atoms with E-state index in [1.54, 1.807) is 6.08 Å². The topological polar surface area (TPSA) is 175 Å². The molecule has 0 saturated carbocycles. The summed E-state index contributed by atoms with van der Waals surface area (Å²) in [5.41, 5.74) is 0. The largest absolute Gasteiger partial charge is 0.466 e. The highest BCUT2D eigenvalue weighted by molar-refractivity contribution is 5.76. The zero-order valence-corrected chi connectivity index (χ0v) is 49.9. The summed E-state index contributed by atoms with van der Waals surface area (Å²) in [5.74, 6) is -0.218. The molecule has 0 spiro atoms. The Hall–Kier alpha value is -2.90. The van der Waals surface area contributed by atoms with Gasteiger partial charge in [0.2, 0.25) is 5.91 Å². The van der Waals surface area contributed by atoms with Crippen LogP contribution in [-0.2, 0) is 23.8 Å². The molecule has 0 radical (unpaired) electrons. The van der Waals surface area contributed by atoms with Crippen LogP contribution in [0.15, 0.2) is 72.9 Å². The summed E-state index contributed by atoms with van der Waals surface area (Å²) in [6.45, 7) is 4.25. The highest BCUT2D eigenvalue weighted by Crippen LogP contribution is 2.23. The number of nitrogens with one attached hydrogen (secondary N) is 1. The van der Waals surface area contributed by atoms with E-state index in [-0.39, 0.29) is 18.5 Å². The van der Waals surface area contributed by atoms with E-state index in [9.17, 15) is 35.1 Å². The highest BCUT2D eigenvalue weighted by atomic mass is 16.7. The third-order valence-electron chi connectivity index (χ3n) is 14.8. The molecule has 0 bridgehead atoms. The maximum atomic E-state index is 13.0. The molecule has 1 amide bonds. The van der Waals surface area contributed by atoms with Crippen molar-refractivity contribution in [1.82, 2.24) is 5.32 Å². The number of aliphatic hydroxyl groups excluding tert-OH is 5. The van der Waals surface area contributed by atoms with E-state index in [4.69, 9.17) is 14.2 Å². The van der Waals surface area contributed by atoms with Crippen LogP contribution in [0.2, 0.25) is 0 Å². The van der Waals surface area contributed by atoms with Crippen LogP contribution in [0.3, 0.4) is 0 Å². The van der Waals surface area contributed by atoms with E-state index in [0.29, 0.717) is 19.4 Å². The summed E-state index contributed by atoms with van der Waals surface area (Å²) in [4.78, 5) is 25.1. The Morgan fingerprint density at radius 2 is 0.885 bits per heavy atom. The van der Waals surface area contributed by atoms with Crippen molar-refractivity contribution in [3.05, 3.63) is 72.9 Å². The number of esters is 1. The Morgan fingerprint density at radius 3 is 1.38 bits per heavy atom. The Morgan fingerprint density at radius 1 is 0.474 bits per heavy atom. The lowest BCUT2D eigenvalue weighted by Crippen LogP contribution is -2.60. The van der Waals surface area contributed by atoms with Gasteiger partial charge < -0.3 is 45.1 Å². The van der Waals surface area contributed by atoms with Crippen molar-refractivity contribution in [3.8, 4) is 0 Å². The lowest BCUT2D eigenvalue weighted by Gasteiger charge is -2.40. The second kappa shape index (κ2) is 56.0. The normalized spacial score (nSPS) is 19.0. The summed E-state index contributed by atoms with van der Waals surface area (Å²) >= 11 is 0. The number of aliphatic hydroxyl groups is 5. The number of allylic oxidation sites excluding steroid dienone is 11. The molecule has 1 heterocycles. The number of carbonyl (C=O) groups excluding carboxylic acids is 2. The monoisotopic (exact) mass is 1100 g/mol. The predicted octanol–water partition coefficient (Wildman–Crippen LogP) is 15.6. The Kier molecular flexibility index (Phi) is 52.5. The molecule has 0 aromatic carbocycles. The molecule has 0 aromatic heterocycles. The first-order chi connectivity index (χ1) is 38.2. The molecule has 1 fully saturated rings. The summed E-state index contributed by atoms with van der Waals surface area (Å²) in [6.07, 6.45) is 64.4. The van der Waals surface area contributed by atoms with E-state index >= 15 is 0 Å². The van der Waals surface area contributed by atoms with Crippen LogP contribution in [0.5, 0.6) is 0 Å². The van der Waals surface area contributed by atoms with Gasteiger partial charge in [0.25, 0.3) is 0 Å². The summed E-state index contributed by atoms with van der Waals surface area (Å²) < 4.78 is 16.7. The van der Waals surface area contributed by atoms with Gasteiger partial charge in [-0.25, -0.2) is 0 Å². The average Bonchev–Trinajstić information content (AvgIpc) is 3.45. The molecule has 1 aliphatic rings. The van der Waals surface area contributed by atoms with Gasteiger partial charge in [-0.15, -0.1) is 0 Å². The maximum Gasteiger partial charge on any atom is 0.305 e. The van der Waals surface area contributed by atoms with Crippen LogP contribution in [0, 0.1) is 0 Å². The number of ether oxygens (including phenoxy) is 3. The molecular weight excluding hydrogens is 979 g/mol. The standard InChI is InChI=1S/C67H119NO10/c1-3-5-7-9-11-13-15-16-31-35-39-43-47-51-55-63(72)76-56-52-48-44-40-36-32-29-27-25-23-21-19-17-18-20-22-24-26-28-30-34-38-42-46-50-54-62(71)68-59(58-77-67-66(75)65(74)64(73)61(57-69)78-67)60(70)53-49-45-41-37-33-14-12-10-8-6-4-2/h9,11,15-16,18-21,33,37,49,53,59-61,64-67,69-70,73-75H,3-8,10,12-14,17,22-32,34-36,38-48,50-52,54-58H2,1-2H3,(H,68,71)/b11-9-,16-15-,20-18-,21-19-,37-33+,53-49+. The van der Waals surface area contributed by atoms with Crippen molar-refractivity contribution >= 4 is 11.9 Å². The third kappa shape index (κ3) is 44.8. The quantitative estimate of drug-likeness (QED) is 0.0195. The molecular formula is C67H119NO10. The fourth-order valence-corrected chi connectivity index (χ4v) is 9.61. The Balaban J connectivity index is 2.03. The van der Waals surface area contributed by atoms with Crippen LogP contribution in [-0.4, -0.2) is 100 Å². The van der Waals surface area contributed by atoms with Crippen molar-refractivity contribution in [1.29, 1.82) is 0 Å². The van der Waals surface area contributed by atoms with Crippen LogP contribution >= 0.6 is 0 Å². The first-order valence-corrected chi connectivity index (χ1v) is 32.2. The summed E-state index contributed by atoms with van der Waals surface area (Å²) in [7, 11) is 0. The number of unbranched alkanes of at least 4 members (excludes halogenated alkanes) is 31. The van der Waals surface area contributed by atoms with E-state index in [0.717, 1.165) is 96.3 Å². The molecule has 452 valence electrons. The smallest absolute Gasteiger partial charge is 0.305 e. The molecule has 0 aliphatic carbocycles. The van der Waals surface area contributed by atoms with Crippen molar-refractivity contribution in [2.24, 2.45) is 0 Å². The number of carbonyl (C=O) groups is 2. The minimum absolute atomic E-state index is 0.0175. The Labute approximate surface area is 477 Å². The second-order valence-corrected chi connectivity index (χ2v) is 22.1. The fourth-order valence-electron chi connectivity index (χ4n) is 9.61. The van der Waals surface area contributed by atoms with E-state index in [1.165, 1.54) is 154 Å². The highest BCUT2D eigenvalue weighted by Gasteiger charge is 2.44. The number of hydrogen-bond donors (Lipinski definition) is 6. The van der Waals surface area contributed by atoms with Gasteiger partial charge in [-0.05, 0) is 103 Å². The van der Waals surface area contributed by atoms with Crippen LogP contribution < -0.4 is 5.32 Å². The van der Waals surface area contributed by atoms with Crippen molar-refractivity contribution in [3.63, 3.8) is 0 Å². The van der Waals surface area contributed by atoms with Gasteiger partial charge in [-0.1, -0.05) is 234 Å². The first-order valence-electron chi connectivity index (χ1n) is 32.2. The third-order valence-corrected chi connectivity index (χ3v) is 14.8. The van der Waals surface area contributed by atoms with Gasteiger partial charge in [-0.3, -0.25) is 9.59 Å². The summed E-state index contributed by atoms with van der Waals surface area (Å²) in [6, 6.07) is -0.833. The van der Waals surface area contributed by atoms with Gasteiger partial charge in [-0.2, -0.15) is 0 Å². The van der Waals surface area contributed by atoms with Crippen LogP contribution in [0.4, 0.5) is 0 Å². The second-order valence-electron chi connectivity index (χ2n) is 22.1. The maximum absolute atomic E-state index is 13.0. The lowest BCUT2D eigenvalue weighted by molar-refractivity contribution is -0.302. The first kappa shape index (κ1) is 73.1. The van der Waals surface area contributed by atoms with Gasteiger partial charge >= 0.3 is 5.97 Å². The lowest BCUT2D eigenvalue weighted by atomic mass is 9.99. The van der Waals surface area contributed by atoms with Crippen LogP contribution in [0.25, 0.3) is 0 Å². The average molecular weight is 1100 g/mol. The van der Waals surface area contributed by atoms with Crippen molar-refractivity contribution in [2.45, 2.75) is 320 Å². The minimum atomic E-state index is -1.58. The van der Waals surface area contributed by atoms with Gasteiger partial charge in [0.05, 0.1) is 32.0 Å². The SMILES string of the molecule is CCCC/C=C\C/C=C\CCCCCCCC(=O)OCCCCCCCCCCC/C=C\C/C=C\CCCCCCCCCCCC(=O)NC(COC1OC(CO)C(O)C(O)C1O)C(O)/C=C/CC/C=C/CCCCCCC. The molecule has 6 N–H and O–H groups in total. The van der Waals surface area contributed by atoms with Gasteiger partial charge in [0, 0.05) is 12.8 Å². The molecule has 7 unspecified atom stereocenters. The van der Waals surface area contributed by atoms with E-state index in [2.05, 4.69) is 79.9 Å². The van der Waals surface area contributed by atoms with Crippen molar-refractivity contribution in [2.75, 3.05) is 19.8 Å². The fraction of sp³-hybridized carbons (Fsp3) is 0.791. The molecule has 78 heavy (non-hydrogen) atoms. The molecule has 0 aromatic rings. The molecule has 1 rings (SSSR count). The predicted molar refractivity (Wildman–Crippen MR) is 324 cm³/mol. The Bertz CT molecular complexity index is 1520. The van der Waals surface area contributed by atoms with E-state index < -0.39 is 49.5 Å².